The maximum Gasteiger partial charge on any atom is 0.227 e. The summed E-state index contributed by atoms with van der Waals surface area (Å²) in [5.74, 6) is 0.883. The van der Waals surface area contributed by atoms with Crippen LogP contribution in [0.1, 0.15) is 31.2 Å². The molecule has 0 radical (unpaired) electrons. The van der Waals surface area contributed by atoms with Crippen LogP contribution >= 0.6 is 0 Å². The van der Waals surface area contributed by atoms with Crippen LogP contribution in [0.15, 0.2) is 22.6 Å². The van der Waals surface area contributed by atoms with E-state index in [-0.39, 0.29) is 11.8 Å². The Morgan fingerprint density at radius 1 is 1.12 bits per heavy atom. The number of amides is 2. The number of carbonyl (C=O) groups excluding carboxylic acids is 2. The molecule has 2 aromatic rings. The second-order valence-corrected chi connectivity index (χ2v) is 6.18. The second-order valence-electron chi connectivity index (χ2n) is 6.18. The molecule has 128 valence electrons. The van der Waals surface area contributed by atoms with Crippen LogP contribution < -0.4 is 0 Å². The van der Waals surface area contributed by atoms with Crippen LogP contribution in [-0.4, -0.2) is 52.8 Å². The van der Waals surface area contributed by atoms with Gasteiger partial charge in [-0.25, -0.2) is 4.98 Å². The zero-order valence-electron chi connectivity index (χ0n) is 14.2. The molecule has 6 heteroatoms. The molecule has 1 saturated heterocycles. The summed E-state index contributed by atoms with van der Waals surface area (Å²) >= 11 is 0. The van der Waals surface area contributed by atoms with Gasteiger partial charge in [-0.05, 0) is 24.1 Å². The third-order valence-electron chi connectivity index (χ3n) is 4.42. The van der Waals surface area contributed by atoms with Gasteiger partial charge in [0.05, 0.1) is 6.42 Å². The SMILES string of the molecule is CCC(=O)N1CCCN(C(=O)Cc2ccc3nc(C)oc3c2)CC1. The van der Waals surface area contributed by atoms with Crippen molar-refractivity contribution >= 4 is 22.9 Å². The maximum atomic E-state index is 12.6. The number of hydrogen-bond donors (Lipinski definition) is 0. The van der Waals surface area contributed by atoms with E-state index in [1.807, 2.05) is 41.8 Å². The molecular formula is C18H23N3O3. The van der Waals surface area contributed by atoms with Crippen LogP contribution in [0.25, 0.3) is 11.1 Å². The summed E-state index contributed by atoms with van der Waals surface area (Å²) in [5.41, 5.74) is 2.45. The molecule has 1 aliphatic rings. The Labute approximate surface area is 141 Å². The van der Waals surface area contributed by atoms with Gasteiger partial charge in [0.2, 0.25) is 11.8 Å². The number of carbonyl (C=O) groups is 2. The van der Waals surface area contributed by atoms with Gasteiger partial charge in [0.1, 0.15) is 5.52 Å². The fourth-order valence-electron chi connectivity index (χ4n) is 3.12. The number of hydrogen-bond acceptors (Lipinski definition) is 4. The highest BCUT2D eigenvalue weighted by Crippen LogP contribution is 2.18. The molecule has 1 aromatic carbocycles. The van der Waals surface area contributed by atoms with Crippen LogP contribution in [0.2, 0.25) is 0 Å². The van der Waals surface area contributed by atoms with Gasteiger partial charge >= 0.3 is 0 Å². The normalized spacial score (nSPS) is 15.6. The lowest BCUT2D eigenvalue weighted by Gasteiger charge is -2.22. The lowest BCUT2D eigenvalue weighted by molar-refractivity contribution is -0.133. The number of rotatable bonds is 3. The quantitative estimate of drug-likeness (QED) is 0.865. The number of aromatic nitrogens is 1. The summed E-state index contributed by atoms with van der Waals surface area (Å²) in [4.78, 5) is 32.4. The number of nitrogens with zero attached hydrogens (tertiary/aromatic N) is 3. The summed E-state index contributed by atoms with van der Waals surface area (Å²) in [6.07, 6.45) is 1.69. The molecule has 0 aliphatic carbocycles. The van der Waals surface area contributed by atoms with Crippen LogP contribution in [0.4, 0.5) is 0 Å². The van der Waals surface area contributed by atoms with E-state index in [1.54, 1.807) is 0 Å². The van der Waals surface area contributed by atoms with E-state index in [0.29, 0.717) is 43.9 Å². The minimum Gasteiger partial charge on any atom is -0.441 e. The van der Waals surface area contributed by atoms with Crippen LogP contribution in [-0.2, 0) is 16.0 Å². The Morgan fingerprint density at radius 2 is 1.83 bits per heavy atom. The molecular weight excluding hydrogens is 306 g/mol. The first-order valence-electron chi connectivity index (χ1n) is 8.48. The van der Waals surface area contributed by atoms with Gasteiger partial charge in [-0.1, -0.05) is 13.0 Å². The highest BCUT2D eigenvalue weighted by atomic mass is 16.3. The van der Waals surface area contributed by atoms with Crippen molar-refractivity contribution in [2.75, 3.05) is 26.2 Å². The van der Waals surface area contributed by atoms with E-state index in [2.05, 4.69) is 4.98 Å². The summed E-state index contributed by atoms with van der Waals surface area (Å²) in [7, 11) is 0. The van der Waals surface area contributed by atoms with Gasteiger partial charge in [-0.3, -0.25) is 9.59 Å². The average molecular weight is 329 g/mol. The molecule has 0 saturated carbocycles. The van der Waals surface area contributed by atoms with Crippen molar-refractivity contribution in [1.29, 1.82) is 0 Å². The molecule has 0 N–H and O–H groups in total. The van der Waals surface area contributed by atoms with Gasteiger partial charge in [-0.2, -0.15) is 0 Å². The molecule has 3 rings (SSSR count). The number of aryl methyl sites for hydroxylation is 1. The van der Waals surface area contributed by atoms with Crippen molar-refractivity contribution in [3.8, 4) is 0 Å². The summed E-state index contributed by atoms with van der Waals surface area (Å²) in [5, 5.41) is 0. The van der Waals surface area contributed by atoms with Gasteiger partial charge in [0, 0.05) is 39.5 Å². The third kappa shape index (κ3) is 3.58. The first-order valence-corrected chi connectivity index (χ1v) is 8.48. The van der Waals surface area contributed by atoms with Gasteiger partial charge in [0.15, 0.2) is 11.5 Å². The summed E-state index contributed by atoms with van der Waals surface area (Å²) in [6, 6.07) is 5.70. The van der Waals surface area contributed by atoms with E-state index in [1.165, 1.54) is 0 Å². The standard InChI is InChI=1S/C18H23N3O3/c1-3-17(22)20-7-4-8-21(10-9-20)18(23)12-14-5-6-15-16(11-14)24-13(2)19-15/h5-6,11H,3-4,7-10,12H2,1-2H3. The Kier molecular flexibility index (Phi) is 4.83. The van der Waals surface area contributed by atoms with E-state index in [9.17, 15) is 9.59 Å². The molecule has 6 nitrogen and oxygen atoms in total. The zero-order valence-corrected chi connectivity index (χ0v) is 14.2. The van der Waals surface area contributed by atoms with Crippen molar-refractivity contribution in [3.05, 3.63) is 29.7 Å². The lowest BCUT2D eigenvalue weighted by atomic mass is 10.1. The Morgan fingerprint density at radius 3 is 2.54 bits per heavy atom. The van der Waals surface area contributed by atoms with E-state index >= 15 is 0 Å². The molecule has 2 amide bonds. The molecule has 0 spiro atoms. The summed E-state index contributed by atoms with van der Waals surface area (Å²) in [6.45, 7) is 6.35. The fraction of sp³-hybridized carbons (Fsp3) is 0.500. The number of oxazole rings is 1. The highest BCUT2D eigenvalue weighted by Gasteiger charge is 2.21. The van der Waals surface area contributed by atoms with Gasteiger partial charge < -0.3 is 14.2 Å². The smallest absolute Gasteiger partial charge is 0.227 e. The molecule has 0 unspecified atom stereocenters. The van der Waals surface area contributed by atoms with Crippen molar-refractivity contribution in [3.63, 3.8) is 0 Å². The van der Waals surface area contributed by atoms with E-state index < -0.39 is 0 Å². The van der Waals surface area contributed by atoms with Crippen LogP contribution in [0, 0.1) is 6.92 Å². The van der Waals surface area contributed by atoms with Crippen LogP contribution in [0.5, 0.6) is 0 Å². The largest absolute Gasteiger partial charge is 0.441 e. The molecule has 1 aliphatic heterocycles. The minimum atomic E-state index is 0.0939. The summed E-state index contributed by atoms with van der Waals surface area (Å²) < 4.78 is 5.53. The minimum absolute atomic E-state index is 0.0939. The topological polar surface area (TPSA) is 66.7 Å². The molecule has 1 fully saturated rings. The molecule has 1 aromatic heterocycles. The lowest BCUT2D eigenvalue weighted by Crippen LogP contribution is -2.37. The van der Waals surface area contributed by atoms with Crippen molar-refractivity contribution < 1.29 is 14.0 Å². The van der Waals surface area contributed by atoms with Crippen molar-refractivity contribution in [2.24, 2.45) is 0 Å². The van der Waals surface area contributed by atoms with E-state index in [0.717, 1.165) is 24.0 Å². The maximum absolute atomic E-state index is 12.6. The number of benzene rings is 1. The number of fused-ring (bicyclic) bond motifs is 1. The first-order chi connectivity index (χ1) is 11.6. The Bertz CT molecular complexity index is 753. The second kappa shape index (κ2) is 7.03. The predicted octanol–water partition coefficient (Wildman–Crippen LogP) is 2.15. The first kappa shape index (κ1) is 16.5. The van der Waals surface area contributed by atoms with Gasteiger partial charge in [-0.15, -0.1) is 0 Å². The average Bonchev–Trinajstić information content (AvgIpc) is 2.78. The molecule has 0 atom stereocenters. The monoisotopic (exact) mass is 329 g/mol. The third-order valence-corrected chi connectivity index (χ3v) is 4.42. The molecule has 0 bridgehead atoms. The predicted molar refractivity (Wildman–Crippen MR) is 90.5 cm³/mol. The fourth-order valence-corrected chi connectivity index (χ4v) is 3.12. The van der Waals surface area contributed by atoms with Crippen molar-refractivity contribution in [2.45, 2.75) is 33.1 Å². The Balaban J connectivity index is 1.64. The van der Waals surface area contributed by atoms with Gasteiger partial charge in [0.25, 0.3) is 0 Å². The highest BCUT2D eigenvalue weighted by molar-refractivity contribution is 5.81. The Hall–Kier alpha value is -2.37. The zero-order chi connectivity index (χ0) is 17.1. The molecule has 2 heterocycles. The molecule has 24 heavy (non-hydrogen) atoms. The van der Waals surface area contributed by atoms with Crippen molar-refractivity contribution in [1.82, 2.24) is 14.8 Å². The van der Waals surface area contributed by atoms with E-state index in [4.69, 9.17) is 4.42 Å². The van der Waals surface area contributed by atoms with Crippen LogP contribution in [0.3, 0.4) is 0 Å².